The molecule has 0 saturated heterocycles. The molecule has 104 valence electrons. The number of hydrogen-bond donors (Lipinski definition) is 0. The molecule has 0 radical (unpaired) electrons. The number of ketones is 1. The van der Waals surface area contributed by atoms with Crippen LogP contribution in [0.15, 0.2) is 11.8 Å². The Bertz CT molecular complexity index is 375. The van der Waals surface area contributed by atoms with Crippen molar-refractivity contribution < 1.29 is 4.79 Å². The van der Waals surface area contributed by atoms with E-state index in [2.05, 4.69) is 87.3 Å². The van der Waals surface area contributed by atoms with Gasteiger partial charge in [0, 0.05) is 23.9 Å². The standard InChI is InChI=1S/C13H20Br3NO/c1-11(2,3)17-7-6-12(4,5)9(8-17)10(18)13(14,15)16/h8H,6-7H2,1-5H3. The zero-order chi connectivity index (χ0) is 14.4. The fourth-order valence-corrected chi connectivity index (χ4v) is 2.62. The van der Waals surface area contributed by atoms with Crippen LogP contribution in [0, 0.1) is 5.41 Å². The van der Waals surface area contributed by atoms with Gasteiger partial charge in [0.1, 0.15) is 0 Å². The summed E-state index contributed by atoms with van der Waals surface area (Å²) < 4.78 is -0.864. The smallest absolute Gasteiger partial charge is 0.199 e. The number of carbonyl (C=O) groups excluding carboxylic acids is 1. The van der Waals surface area contributed by atoms with E-state index >= 15 is 0 Å². The van der Waals surface area contributed by atoms with E-state index in [0.717, 1.165) is 18.5 Å². The third-order valence-corrected chi connectivity index (χ3v) is 4.44. The van der Waals surface area contributed by atoms with Crippen LogP contribution in [-0.2, 0) is 4.79 Å². The molecule has 2 nitrogen and oxygen atoms in total. The van der Waals surface area contributed by atoms with Crippen LogP contribution < -0.4 is 0 Å². The Labute approximate surface area is 135 Å². The lowest BCUT2D eigenvalue weighted by Gasteiger charge is -2.44. The van der Waals surface area contributed by atoms with E-state index in [1.54, 1.807) is 0 Å². The molecule has 1 heterocycles. The fourth-order valence-electron chi connectivity index (χ4n) is 1.98. The molecule has 0 aromatic carbocycles. The van der Waals surface area contributed by atoms with Gasteiger partial charge in [-0.25, -0.2) is 0 Å². The van der Waals surface area contributed by atoms with E-state index in [1.807, 2.05) is 6.20 Å². The van der Waals surface area contributed by atoms with Crippen LogP contribution in [0.3, 0.4) is 0 Å². The van der Waals surface area contributed by atoms with Gasteiger partial charge < -0.3 is 4.90 Å². The number of allylic oxidation sites excluding steroid dienone is 1. The molecule has 0 atom stereocenters. The minimum Gasteiger partial charge on any atom is -0.372 e. The second-order valence-corrected chi connectivity index (χ2v) is 13.1. The Kier molecular flexibility index (Phi) is 4.83. The van der Waals surface area contributed by atoms with Crippen molar-refractivity contribution in [1.29, 1.82) is 0 Å². The topological polar surface area (TPSA) is 20.3 Å². The molecular formula is C13H20Br3NO. The SMILES string of the molecule is CC1(C)CCN(C(C)(C)C)C=C1C(=O)C(Br)(Br)Br. The second kappa shape index (κ2) is 5.21. The van der Waals surface area contributed by atoms with E-state index in [-0.39, 0.29) is 16.7 Å². The van der Waals surface area contributed by atoms with Gasteiger partial charge in [0.15, 0.2) is 7.93 Å². The van der Waals surface area contributed by atoms with Gasteiger partial charge in [-0.2, -0.15) is 0 Å². The third kappa shape index (κ3) is 3.83. The number of rotatable bonds is 1. The lowest BCUT2D eigenvalue weighted by atomic mass is 9.77. The lowest BCUT2D eigenvalue weighted by Crippen LogP contribution is -2.45. The Hall–Kier alpha value is 0.650. The van der Waals surface area contributed by atoms with Crippen molar-refractivity contribution in [3.63, 3.8) is 0 Å². The van der Waals surface area contributed by atoms with Crippen LogP contribution in [0.2, 0.25) is 0 Å². The van der Waals surface area contributed by atoms with Gasteiger partial charge in [-0.15, -0.1) is 0 Å². The zero-order valence-corrected chi connectivity index (χ0v) is 16.2. The fraction of sp³-hybridized carbons (Fsp3) is 0.769. The van der Waals surface area contributed by atoms with E-state index in [4.69, 9.17) is 0 Å². The molecule has 0 N–H and O–H groups in total. The molecule has 1 rings (SSSR count). The van der Waals surface area contributed by atoms with E-state index in [1.165, 1.54) is 0 Å². The minimum absolute atomic E-state index is 0.0291. The maximum Gasteiger partial charge on any atom is 0.199 e. The number of hydrogen-bond acceptors (Lipinski definition) is 2. The Morgan fingerprint density at radius 3 is 2.17 bits per heavy atom. The maximum absolute atomic E-state index is 12.5. The average molecular weight is 446 g/mol. The molecule has 1 aliphatic rings. The van der Waals surface area contributed by atoms with Crippen LogP contribution in [-0.4, -0.2) is 24.9 Å². The highest BCUT2D eigenvalue weighted by molar-refractivity contribution is 9.40. The molecule has 0 fully saturated rings. The number of carbonyl (C=O) groups is 1. The summed E-state index contributed by atoms with van der Waals surface area (Å²) in [5.41, 5.74) is 0.781. The molecular weight excluding hydrogens is 426 g/mol. The number of nitrogens with zero attached hydrogens (tertiary/aromatic N) is 1. The Balaban J connectivity index is 3.18. The molecule has 0 amide bonds. The Morgan fingerprint density at radius 1 is 1.28 bits per heavy atom. The molecule has 18 heavy (non-hydrogen) atoms. The molecule has 5 heteroatoms. The van der Waals surface area contributed by atoms with Gasteiger partial charge in [-0.1, -0.05) is 61.6 Å². The molecule has 0 unspecified atom stereocenters. The van der Waals surface area contributed by atoms with E-state index in [9.17, 15) is 4.79 Å². The predicted molar refractivity (Wildman–Crippen MR) is 87.5 cm³/mol. The first-order valence-electron chi connectivity index (χ1n) is 5.96. The average Bonchev–Trinajstić information content (AvgIpc) is 2.12. The van der Waals surface area contributed by atoms with E-state index < -0.39 is 2.14 Å². The lowest BCUT2D eigenvalue weighted by molar-refractivity contribution is -0.115. The highest BCUT2D eigenvalue weighted by Gasteiger charge is 2.41. The molecule has 0 spiro atoms. The van der Waals surface area contributed by atoms with Crippen LogP contribution in [0.1, 0.15) is 41.0 Å². The summed E-state index contributed by atoms with van der Waals surface area (Å²) in [4.78, 5) is 14.7. The molecule has 1 aliphatic heterocycles. The van der Waals surface area contributed by atoms with Gasteiger partial charge >= 0.3 is 0 Å². The summed E-state index contributed by atoms with van der Waals surface area (Å²) in [7, 11) is 0. The first-order chi connectivity index (χ1) is 7.86. The first kappa shape index (κ1) is 16.7. The van der Waals surface area contributed by atoms with Crippen LogP contribution in [0.25, 0.3) is 0 Å². The highest BCUT2D eigenvalue weighted by Crippen LogP contribution is 2.44. The maximum atomic E-state index is 12.5. The molecule has 0 saturated carbocycles. The van der Waals surface area contributed by atoms with Gasteiger partial charge in [0.25, 0.3) is 0 Å². The van der Waals surface area contributed by atoms with Gasteiger partial charge in [0.2, 0.25) is 0 Å². The van der Waals surface area contributed by atoms with Crippen molar-refractivity contribution >= 4 is 53.6 Å². The summed E-state index contributed by atoms with van der Waals surface area (Å²) in [6.07, 6.45) is 3.00. The number of halogens is 3. The van der Waals surface area contributed by atoms with Gasteiger partial charge in [-0.3, -0.25) is 4.79 Å². The monoisotopic (exact) mass is 443 g/mol. The normalized spacial score (nSPS) is 20.7. The van der Waals surface area contributed by atoms with E-state index in [0.29, 0.717) is 0 Å². The summed E-state index contributed by atoms with van der Waals surface area (Å²) in [5.74, 6) is 0.0291. The largest absolute Gasteiger partial charge is 0.372 e. The van der Waals surface area contributed by atoms with Crippen molar-refractivity contribution in [3.8, 4) is 0 Å². The molecule has 0 aromatic rings. The van der Waals surface area contributed by atoms with Crippen LogP contribution in [0.5, 0.6) is 0 Å². The molecule has 0 aliphatic carbocycles. The van der Waals surface area contributed by atoms with Crippen LogP contribution >= 0.6 is 47.8 Å². The van der Waals surface area contributed by atoms with Gasteiger partial charge in [0.05, 0.1) is 0 Å². The molecule has 0 bridgehead atoms. The quantitative estimate of drug-likeness (QED) is 0.540. The van der Waals surface area contributed by atoms with Gasteiger partial charge in [-0.05, 0) is 32.6 Å². The first-order valence-corrected chi connectivity index (χ1v) is 8.34. The van der Waals surface area contributed by atoms with Crippen molar-refractivity contribution in [2.75, 3.05) is 6.54 Å². The summed E-state index contributed by atoms with van der Waals surface area (Å²) in [5, 5.41) is 0. The Morgan fingerprint density at radius 2 is 1.78 bits per heavy atom. The highest BCUT2D eigenvalue weighted by atomic mass is 80.0. The van der Waals surface area contributed by atoms with Crippen molar-refractivity contribution in [2.24, 2.45) is 5.41 Å². The van der Waals surface area contributed by atoms with Crippen molar-refractivity contribution in [2.45, 2.75) is 48.7 Å². The van der Waals surface area contributed by atoms with Crippen LogP contribution in [0.4, 0.5) is 0 Å². The zero-order valence-electron chi connectivity index (χ0n) is 11.5. The summed E-state index contributed by atoms with van der Waals surface area (Å²) in [6, 6.07) is 0. The third-order valence-electron chi connectivity index (χ3n) is 3.36. The van der Waals surface area contributed by atoms with Crippen molar-refractivity contribution in [1.82, 2.24) is 4.90 Å². The second-order valence-electron chi connectivity index (χ2n) is 6.37. The minimum atomic E-state index is -0.864. The predicted octanol–water partition coefficient (Wildman–Crippen LogP) is 4.81. The summed E-state index contributed by atoms with van der Waals surface area (Å²) >= 11 is 9.98. The number of Topliss-reactive ketones (excluding diaryl/α,β-unsaturated/α-hetero) is 1. The summed E-state index contributed by atoms with van der Waals surface area (Å²) in [6.45, 7) is 11.7. The molecule has 0 aromatic heterocycles. The van der Waals surface area contributed by atoms with Crippen molar-refractivity contribution in [3.05, 3.63) is 11.8 Å². The number of alkyl halides is 3.